The van der Waals surface area contributed by atoms with Crippen LogP contribution in [0.25, 0.3) is 0 Å². The summed E-state index contributed by atoms with van der Waals surface area (Å²) in [5.41, 5.74) is 32.3. The molecule has 0 spiro atoms. The van der Waals surface area contributed by atoms with Crippen molar-refractivity contribution in [1.82, 2.24) is 0 Å². The molecule has 0 aromatic heterocycles. The van der Waals surface area contributed by atoms with Crippen molar-refractivity contribution in [3.63, 3.8) is 0 Å². The SMILES string of the molecule is Cc1cc(N2c3cc(N(c4ccccc4)c4ccccc4)cc4c3B(c3cc5c(cc3S4)Sc3cc(N(c4ccccc4)c4ccccc4)cc4c3B5c3c(cc(C)cc3C(C)(C)C)N4c3cc(C)cc(C(C)(C)C)c3)c3c2cc(C)cc3C(C)(C)C)cc(C(C)(C)C)c1. The minimum atomic E-state index is -0.193. The zero-order valence-electron chi connectivity index (χ0n) is 57.5. The summed E-state index contributed by atoms with van der Waals surface area (Å²) in [7, 11) is 0. The van der Waals surface area contributed by atoms with E-state index in [-0.39, 0.29) is 35.1 Å². The molecule has 0 bridgehead atoms. The van der Waals surface area contributed by atoms with Gasteiger partial charge in [-0.2, -0.15) is 0 Å². The monoisotopic (exact) mass is 1260 g/mol. The molecule has 0 amide bonds. The van der Waals surface area contributed by atoms with Gasteiger partial charge in [-0.25, -0.2) is 0 Å². The molecule has 0 radical (unpaired) electrons. The second kappa shape index (κ2) is 22.6. The predicted octanol–water partition coefficient (Wildman–Crippen LogP) is 20.6. The molecule has 0 unspecified atom stereocenters. The maximum absolute atomic E-state index is 2.73. The number of nitrogens with zero attached hydrogens (tertiary/aromatic N) is 4. The van der Waals surface area contributed by atoms with Crippen molar-refractivity contribution in [3.05, 3.63) is 263 Å². The van der Waals surface area contributed by atoms with Gasteiger partial charge in [0.05, 0.1) is 0 Å². The van der Waals surface area contributed by atoms with Gasteiger partial charge in [0.2, 0.25) is 13.4 Å². The fraction of sp³-hybridized carbons (Fsp3) is 0.233. The van der Waals surface area contributed by atoms with E-state index in [9.17, 15) is 0 Å². The van der Waals surface area contributed by atoms with Crippen molar-refractivity contribution in [2.75, 3.05) is 19.6 Å². The Morgan fingerprint density at radius 3 is 0.926 bits per heavy atom. The molecule has 94 heavy (non-hydrogen) atoms. The molecule has 15 rings (SSSR count). The van der Waals surface area contributed by atoms with Crippen LogP contribution >= 0.6 is 23.5 Å². The highest BCUT2D eigenvalue weighted by molar-refractivity contribution is 8.01. The van der Waals surface area contributed by atoms with Gasteiger partial charge in [0.15, 0.2) is 0 Å². The van der Waals surface area contributed by atoms with Crippen molar-refractivity contribution in [1.29, 1.82) is 0 Å². The number of benzene rings is 11. The summed E-state index contributed by atoms with van der Waals surface area (Å²) in [6, 6.07) is 84.0. The molecule has 466 valence electrons. The van der Waals surface area contributed by atoms with E-state index in [0.29, 0.717) is 0 Å². The van der Waals surface area contributed by atoms with Gasteiger partial charge in [-0.3, -0.25) is 0 Å². The van der Waals surface area contributed by atoms with Gasteiger partial charge in [0.25, 0.3) is 0 Å². The predicted molar refractivity (Wildman–Crippen MR) is 409 cm³/mol. The minimum absolute atomic E-state index is 0.0748. The Morgan fingerprint density at radius 1 is 0.287 bits per heavy atom. The van der Waals surface area contributed by atoms with E-state index in [4.69, 9.17) is 0 Å². The van der Waals surface area contributed by atoms with Crippen LogP contribution in [0.3, 0.4) is 0 Å². The summed E-state index contributed by atoms with van der Waals surface area (Å²) in [4.78, 5) is 15.4. The van der Waals surface area contributed by atoms with Crippen molar-refractivity contribution >= 4 is 138 Å². The summed E-state index contributed by atoms with van der Waals surface area (Å²) in [6.45, 7) is 37.7. The topological polar surface area (TPSA) is 13.0 Å². The van der Waals surface area contributed by atoms with Crippen LogP contribution in [0.5, 0.6) is 0 Å². The molecule has 11 aromatic carbocycles. The Balaban J connectivity index is 1.05. The number of hydrogen-bond donors (Lipinski definition) is 0. The first kappa shape index (κ1) is 61.6. The lowest BCUT2D eigenvalue weighted by molar-refractivity contribution is 0.589. The fourth-order valence-corrected chi connectivity index (χ4v) is 17.9. The number of anilines is 12. The standard InChI is InChI=1S/C86H84B2N4S2/c1-53-37-57(83(5,6)7)45-63(39-53)91-71-43-55(3)41-67(85(11,12)13)79(71)87-69-51-70-76(52-75(69)93-77-49-65(47-73(91)81(77)87)89(59-29-21-17-22-30-59)60-31-23-18-24-32-60)94-78-50-66(90(61-33-25-19-26-34-61)62-35-27-20-28-36-62)48-74-82(78)88(70)80-68(86(14,15)16)42-56(4)44-72(80)92(74)64-40-54(2)38-58(46-64)84(8,9)10/h17-52H,1-16H3. The van der Waals surface area contributed by atoms with E-state index in [0.717, 1.165) is 34.1 Å². The van der Waals surface area contributed by atoms with Gasteiger partial charge >= 0.3 is 0 Å². The largest absolute Gasteiger partial charge is 0.311 e. The first-order valence-corrected chi connectivity index (χ1v) is 35.2. The Morgan fingerprint density at radius 2 is 0.606 bits per heavy atom. The molecule has 0 saturated carbocycles. The molecule has 0 saturated heterocycles. The summed E-state index contributed by atoms with van der Waals surface area (Å²) in [5, 5.41) is 0. The molecule has 4 nitrogen and oxygen atoms in total. The highest BCUT2D eigenvalue weighted by atomic mass is 32.2. The number of hydrogen-bond acceptors (Lipinski definition) is 6. The van der Waals surface area contributed by atoms with E-state index in [2.05, 4.69) is 349 Å². The highest BCUT2D eigenvalue weighted by Crippen LogP contribution is 2.52. The lowest BCUT2D eigenvalue weighted by Gasteiger charge is -2.45. The van der Waals surface area contributed by atoms with Crippen molar-refractivity contribution in [3.8, 4) is 0 Å². The van der Waals surface area contributed by atoms with Gasteiger partial charge in [-0.1, -0.05) is 221 Å². The molecular weight excluding hydrogens is 1170 g/mol. The summed E-state index contributed by atoms with van der Waals surface area (Å²) in [6.07, 6.45) is 0. The Kier molecular flexibility index (Phi) is 14.8. The second-order valence-electron chi connectivity index (χ2n) is 31.0. The van der Waals surface area contributed by atoms with Crippen molar-refractivity contribution in [2.45, 2.75) is 152 Å². The van der Waals surface area contributed by atoms with Crippen LogP contribution in [0, 0.1) is 27.7 Å². The van der Waals surface area contributed by atoms with Crippen LogP contribution in [0.2, 0.25) is 0 Å². The molecule has 0 atom stereocenters. The maximum Gasteiger partial charge on any atom is 0.249 e. The Hall–Kier alpha value is -8.55. The van der Waals surface area contributed by atoms with Crippen LogP contribution in [-0.2, 0) is 21.7 Å². The van der Waals surface area contributed by atoms with E-state index in [1.807, 2.05) is 23.5 Å². The van der Waals surface area contributed by atoms with Gasteiger partial charge in [-0.15, -0.1) is 0 Å². The third kappa shape index (κ3) is 10.6. The summed E-state index contributed by atoms with van der Waals surface area (Å²) < 4.78 is 0. The average molecular weight is 1260 g/mol. The molecule has 0 fully saturated rings. The molecule has 0 aliphatic carbocycles. The molecule has 8 heteroatoms. The maximum atomic E-state index is 2.73. The summed E-state index contributed by atoms with van der Waals surface area (Å²) >= 11 is 3.93. The fourth-order valence-electron chi connectivity index (χ4n) is 15.4. The number of fused-ring (bicyclic) bond motifs is 8. The first-order chi connectivity index (χ1) is 44.8. The van der Waals surface area contributed by atoms with E-state index >= 15 is 0 Å². The minimum Gasteiger partial charge on any atom is -0.311 e. The van der Waals surface area contributed by atoms with Crippen LogP contribution in [0.4, 0.5) is 68.2 Å². The molecule has 4 aliphatic heterocycles. The quantitative estimate of drug-likeness (QED) is 0.140. The normalized spacial score (nSPS) is 13.8. The van der Waals surface area contributed by atoms with Crippen molar-refractivity contribution < 1.29 is 0 Å². The zero-order valence-corrected chi connectivity index (χ0v) is 59.2. The number of aryl methyl sites for hydroxylation is 4. The van der Waals surface area contributed by atoms with E-state index < -0.39 is 0 Å². The third-order valence-electron chi connectivity index (χ3n) is 19.7. The van der Waals surface area contributed by atoms with Gasteiger partial charge in [0, 0.05) is 87.8 Å². The average Bonchev–Trinajstić information content (AvgIpc) is 0.692. The lowest BCUT2D eigenvalue weighted by Crippen LogP contribution is -2.65. The van der Waals surface area contributed by atoms with Crippen molar-refractivity contribution in [2.24, 2.45) is 0 Å². The van der Waals surface area contributed by atoms with Crippen LogP contribution in [-0.4, -0.2) is 13.4 Å². The van der Waals surface area contributed by atoms with Gasteiger partial charge < -0.3 is 19.6 Å². The second-order valence-corrected chi connectivity index (χ2v) is 33.2. The summed E-state index contributed by atoms with van der Waals surface area (Å²) in [5.74, 6) is 0. The van der Waals surface area contributed by atoms with Gasteiger partial charge in [0.1, 0.15) is 0 Å². The lowest BCUT2D eigenvalue weighted by atomic mass is 9.30. The smallest absolute Gasteiger partial charge is 0.249 e. The molecule has 11 aromatic rings. The van der Waals surface area contributed by atoms with Gasteiger partial charge in [-0.05, 0) is 231 Å². The Labute approximate surface area is 568 Å². The third-order valence-corrected chi connectivity index (χ3v) is 22.0. The van der Waals surface area contributed by atoms with Crippen LogP contribution in [0.1, 0.15) is 128 Å². The van der Waals surface area contributed by atoms with E-state index in [1.165, 1.54) is 131 Å². The molecule has 4 heterocycles. The first-order valence-electron chi connectivity index (χ1n) is 33.6. The van der Waals surface area contributed by atoms with E-state index in [1.54, 1.807) is 0 Å². The molecular formula is C86H84B2N4S2. The zero-order chi connectivity index (χ0) is 65.7. The number of para-hydroxylation sites is 4. The highest BCUT2D eigenvalue weighted by Gasteiger charge is 2.49. The molecule has 0 N–H and O–H groups in total. The molecule has 4 aliphatic rings. The van der Waals surface area contributed by atoms with Crippen LogP contribution < -0.4 is 52.4 Å². The van der Waals surface area contributed by atoms with Crippen LogP contribution in [0.15, 0.2) is 238 Å². The number of rotatable bonds is 8. The Bertz CT molecular complexity index is 4460.